The molecule has 2 aromatic carbocycles. The molecule has 0 aliphatic heterocycles. The lowest BCUT2D eigenvalue weighted by Crippen LogP contribution is -2.14. The van der Waals surface area contributed by atoms with Crippen molar-refractivity contribution in [1.82, 2.24) is 0 Å². The maximum atomic E-state index is 12.3. The number of carbonyl (C=O) groups excluding carboxylic acids is 1. The number of halogens is 2. The molecule has 0 aliphatic rings. The van der Waals surface area contributed by atoms with Crippen LogP contribution in [0.15, 0.2) is 34.8 Å². The maximum Gasteiger partial charge on any atom is 0.259 e. The molecule has 0 saturated carbocycles. The number of phenols is 1. The number of aryl methyl sites for hydroxylation is 1. The molecule has 0 atom stereocenters. The summed E-state index contributed by atoms with van der Waals surface area (Å²) in [4.78, 5) is 12.3. The topological polar surface area (TPSA) is 49.3 Å². The van der Waals surface area contributed by atoms with Crippen molar-refractivity contribution in [2.45, 2.75) is 13.8 Å². The Morgan fingerprint density at radius 3 is 2.65 bits per heavy atom. The molecule has 0 unspecified atom stereocenters. The average Bonchev–Trinajstić information content (AvgIpc) is 2.41. The van der Waals surface area contributed by atoms with Crippen LogP contribution < -0.4 is 5.32 Å². The van der Waals surface area contributed by atoms with Crippen molar-refractivity contribution < 1.29 is 9.90 Å². The van der Waals surface area contributed by atoms with Gasteiger partial charge in [0.25, 0.3) is 5.91 Å². The molecule has 0 heterocycles. The van der Waals surface area contributed by atoms with Crippen LogP contribution in [0.2, 0.25) is 5.02 Å². The lowest BCUT2D eigenvalue weighted by molar-refractivity contribution is 0.102. The number of anilines is 1. The number of carbonyl (C=O) groups is 1. The highest BCUT2D eigenvalue weighted by atomic mass is 79.9. The van der Waals surface area contributed by atoms with Crippen molar-refractivity contribution in [2.24, 2.45) is 0 Å². The molecule has 0 aromatic heterocycles. The fourth-order valence-corrected chi connectivity index (χ4v) is 2.51. The normalized spacial score (nSPS) is 10.4. The van der Waals surface area contributed by atoms with Gasteiger partial charge >= 0.3 is 0 Å². The summed E-state index contributed by atoms with van der Waals surface area (Å²) < 4.78 is 0.787. The van der Waals surface area contributed by atoms with Gasteiger partial charge in [0.2, 0.25) is 0 Å². The molecule has 1 amide bonds. The molecule has 0 spiro atoms. The van der Waals surface area contributed by atoms with E-state index >= 15 is 0 Å². The van der Waals surface area contributed by atoms with Crippen LogP contribution in [0.1, 0.15) is 21.5 Å². The highest BCUT2D eigenvalue weighted by Gasteiger charge is 2.15. The van der Waals surface area contributed by atoms with Crippen molar-refractivity contribution in [1.29, 1.82) is 0 Å². The zero-order valence-electron chi connectivity index (χ0n) is 11.0. The van der Waals surface area contributed by atoms with Crippen molar-refractivity contribution in [2.75, 3.05) is 5.32 Å². The Hall–Kier alpha value is -1.52. The number of amides is 1. The Kier molecular flexibility index (Phi) is 4.35. The lowest BCUT2D eigenvalue weighted by Gasteiger charge is -2.13. The Bertz CT molecular complexity index is 686. The minimum atomic E-state index is -0.403. The summed E-state index contributed by atoms with van der Waals surface area (Å²) in [5.74, 6) is -0.507. The highest BCUT2D eigenvalue weighted by Crippen LogP contribution is 2.30. The number of phenolic OH excluding ortho intramolecular Hbond substituents is 1. The summed E-state index contributed by atoms with van der Waals surface area (Å²) in [7, 11) is 0. The molecular weight excluding hydrogens is 342 g/mol. The van der Waals surface area contributed by atoms with Crippen LogP contribution in [0.4, 0.5) is 5.69 Å². The first-order valence-corrected chi connectivity index (χ1v) is 7.13. The molecule has 0 aliphatic carbocycles. The standard InChI is InChI=1S/C15H13BrClNO2/c1-8-3-5-12(16)14(9(8)2)18-15(20)11-7-10(17)4-6-13(11)19/h3-7,19H,1-2H3,(H,18,20). The van der Waals surface area contributed by atoms with E-state index in [0.717, 1.165) is 15.6 Å². The Labute approximate surface area is 130 Å². The molecule has 0 saturated heterocycles. The largest absolute Gasteiger partial charge is 0.507 e. The van der Waals surface area contributed by atoms with Gasteiger partial charge < -0.3 is 10.4 Å². The fourth-order valence-electron chi connectivity index (χ4n) is 1.81. The molecule has 20 heavy (non-hydrogen) atoms. The van der Waals surface area contributed by atoms with Crippen LogP contribution >= 0.6 is 27.5 Å². The summed E-state index contributed by atoms with van der Waals surface area (Å²) in [5.41, 5.74) is 2.87. The predicted molar refractivity (Wildman–Crippen MR) is 84.7 cm³/mol. The predicted octanol–water partition coefficient (Wildman–Crippen LogP) is 4.68. The van der Waals surface area contributed by atoms with E-state index in [4.69, 9.17) is 11.6 Å². The van der Waals surface area contributed by atoms with E-state index in [1.807, 2.05) is 26.0 Å². The highest BCUT2D eigenvalue weighted by molar-refractivity contribution is 9.10. The molecule has 2 rings (SSSR count). The molecule has 104 valence electrons. The summed E-state index contributed by atoms with van der Waals surface area (Å²) in [6, 6.07) is 8.20. The Balaban J connectivity index is 2.38. The van der Waals surface area contributed by atoms with E-state index in [1.165, 1.54) is 18.2 Å². The van der Waals surface area contributed by atoms with Gasteiger partial charge in [-0.1, -0.05) is 17.7 Å². The number of hydrogen-bond acceptors (Lipinski definition) is 2. The average molecular weight is 355 g/mol. The first kappa shape index (κ1) is 14.9. The quantitative estimate of drug-likeness (QED) is 0.823. The van der Waals surface area contributed by atoms with Gasteiger partial charge in [-0.3, -0.25) is 4.79 Å². The molecule has 2 aromatic rings. The van der Waals surface area contributed by atoms with Crippen LogP contribution in [-0.2, 0) is 0 Å². The van der Waals surface area contributed by atoms with E-state index in [0.29, 0.717) is 10.7 Å². The first-order valence-electron chi connectivity index (χ1n) is 5.95. The third-order valence-electron chi connectivity index (χ3n) is 3.13. The smallest absolute Gasteiger partial charge is 0.259 e. The second-order valence-corrected chi connectivity index (χ2v) is 5.77. The number of nitrogens with one attached hydrogen (secondary N) is 1. The van der Waals surface area contributed by atoms with E-state index in [9.17, 15) is 9.90 Å². The van der Waals surface area contributed by atoms with Gasteiger partial charge in [0, 0.05) is 9.50 Å². The van der Waals surface area contributed by atoms with Gasteiger partial charge in [0.05, 0.1) is 11.3 Å². The molecular formula is C15H13BrClNO2. The van der Waals surface area contributed by atoms with Crippen molar-refractivity contribution in [3.05, 3.63) is 56.5 Å². The molecule has 0 bridgehead atoms. The van der Waals surface area contributed by atoms with Gasteiger partial charge in [0.15, 0.2) is 0 Å². The van der Waals surface area contributed by atoms with E-state index in [2.05, 4.69) is 21.2 Å². The van der Waals surface area contributed by atoms with Gasteiger partial charge in [-0.2, -0.15) is 0 Å². The SMILES string of the molecule is Cc1ccc(Br)c(NC(=O)c2cc(Cl)ccc2O)c1C. The summed E-state index contributed by atoms with van der Waals surface area (Å²) in [6.07, 6.45) is 0. The van der Waals surface area contributed by atoms with Gasteiger partial charge in [-0.25, -0.2) is 0 Å². The van der Waals surface area contributed by atoms with E-state index in [-0.39, 0.29) is 11.3 Å². The monoisotopic (exact) mass is 353 g/mol. The molecule has 0 fully saturated rings. The van der Waals surface area contributed by atoms with Gasteiger partial charge in [-0.05, 0) is 65.2 Å². The second kappa shape index (κ2) is 5.85. The number of benzene rings is 2. The second-order valence-electron chi connectivity index (χ2n) is 4.48. The number of hydrogen-bond donors (Lipinski definition) is 2. The van der Waals surface area contributed by atoms with Crippen LogP contribution in [0.5, 0.6) is 5.75 Å². The lowest BCUT2D eigenvalue weighted by atomic mass is 10.1. The minimum absolute atomic E-state index is 0.103. The van der Waals surface area contributed by atoms with Crippen LogP contribution in [0, 0.1) is 13.8 Å². The number of aromatic hydroxyl groups is 1. The molecule has 2 N–H and O–H groups in total. The molecule has 5 heteroatoms. The van der Waals surface area contributed by atoms with Gasteiger partial charge in [0.1, 0.15) is 5.75 Å². The third kappa shape index (κ3) is 2.97. The van der Waals surface area contributed by atoms with E-state index < -0.39 is 5.91 Å². The van der Waals surface area contributed by atoms with Crippen LogP contribution in [0.25, 0.3) is 0 Å². The third-order valence-corrected chi connectivity index (χ3v) is 4.02. The summed E-state index contributed by atoms with van der Waals surface area (Å²) in [6.45, 7) is 3.89. The maximum absolute atomic E-state index is 12.3. The zero-order chi connectivity index (χ0) is 14.9. The summed E-state index contributed by atoms with van der Waals surface area (Å²) >= 11 is 9.26. The minimum Gasteiger partial charge on any atom is -0.507 e. The number of rotatable bonds is 2. The van der Waals surface area contributed by atoms with Crippen LogP contribution in [0.3, 0.4) is 0 Å². The Morgan fingerprint density at radius 1 is 1.25 bits per heavy atom. The van der Waals surface area contributed by atoms with Crippen molar-refractivity contribution in [3.8, 4) is 5.75 Å². The van der Waals surface area contributed by atoms with Gasteiger partial charge in [-0.15, -0.1) is 0 Å². The van der Waals surface area contributed by atoms with Crippen molar-refractivity contribution in [3.63, 3.8) is 0 Å². The van der Waals surface area contributed by atoms with Crippen molar-refractivity contribution >= 4 is 39.1 Å². The summed E-state index contributed by atoms with van der Waals surface area (Å²) in [5, 5.41) is 12.9. The van der Waals surface area contributed by atoms with Crippen LogP contribution in [-0.4, -0.2) is 11.0 Å². The fraction of sp³-hybridized carbons (Fsp3) is 0.133. The molecule has 3 nitrogen and oxygen atoms in total. The zero-order valence-corrected chi connectivity index (χ0v) is 13.3. The Morgan fingerprint density at radius 2 is 1.95 bits per heavy atom. The first-order chi connectivity index (χ1) is 9.40. The molecule has 0 radical (unpaired) electrons. The van der Waals surface area contributed by atoms with E-state index in [1.54, 1.807) is 0 Å².